The summed E-state index contributed by atoms with van der Waals surface area (Å²) in [5, 5.41) is 29.6. The number of carbonyl (C=O) groups excluding carboxylic acids is 2. The first-order valence-electron chi connectivity index (χ1n) is 18.1. The summed E-state index contributed by atoms with van der Waals surface area (Å²) in [4.78, 5) is 48.1. The number of carboxylic acid groups (broad SMARTS) is 2. The van der Waals surface area contributed by atoms with Crippen LogP contribution in [-0.4, -0.2) is 44.8 Å². The number of ether oxygens (including phenoxy) is 1. The van der Waals surface area contributed by atoms with Crippen molar-refractivity contribution in [3.8, 4) is 0 Å². The Kier molecular flexibility index (Phi) is 27.2. The number of hydrogen-bond acceptors (Lipinski definition) is 6. The Bertz CT molecular complexity index is 752. The first-order chi connectivity index (χ1) is 21.2. The third-order valence-electron chi connectivity index (χ3n) is 8.70. The average Bonchev–Trinajstić information content (AvgIpc) is 2.97. The van der Waals surface area contributed by atoms with Crippen LogP contribution in [0.1, 0.15) is 194 Å². The topological polar surface area (TPSA) is 138 Å². The second-order valence-electron chi connectivity index (χ2n) is 12.8. The highest BCUT2D eigenvalue weighted by Gasteiger charge is 2.50. The molecule has 8 heteroatoms. The third-order valence-corrected chi connectivity index (χ3v) is 8.70. The highest BCUT2D eigenvalue weighted by molar-refractivity contribution is 5.93. The van der Waals surface area contributed by atoms with Crippen molar-refractivity contribution >= 4 is 23.9 Å². The van der Waals surface area contributed by atoms with Crippen LogP contribution < -0.4 is 0 Å². The first-order valence-corrected chi connectivity index (χ1v) is 18.1. The molecule has 0 radical (unpaired) electrons. The number of carboxylic acids is 2. The van der Waals surface area contributed by atoms with Gasteiger partial charge in [-0.25, -0.2) is 4.79 Å². The van der Waals surface area contributed by atoms with Crippen LogP contribution in [0.25, 0.3) is 0 Å². The predicted molar refractivity (Wildman–Crippen MR) is 175 cm³/mol. The molecule has 2 atom stereocenters. The van der Waals surface area contributed by atoms with E-state index < -0.39 is 41.8 Å². The Balaban J connectivity index is 4.21. The zero-order chi connectivity index (χ0) is 32.9. The molecule has 0 aliphatic heterocycles. The van der Waals surface area contributed by atoms with Gasteiger partial charge in [0, 0.05) is 6.42 Å². The molecule has 258 valence electrons. The fourth-order valence-electron chi connectivity index (χ4n) is 5.84. The van der Waals surface area contributed by atoms with Gasteiger partial charge in [-0.05, 0) is 12.8 Å². The van der Waals surface area contributed by atoms with Crippen LogP contribution in [0.4, 0.5) is 0 Å². The molecule has 0 bridgehead atoms. The predicted octanol–water partition coefficient (Wildman–Crippen LogP) is 9.54. The second kappa shape index (κ2) is 28.5. The normalized spacial score (nSPS) is 13.3. The van der Waals surface area contributed by atoms with Gasteiger partial charge < -0.3 is 20.1 Å². The number of aliphatic hydroxyl groups is 1. The lowest BCUT2D eigenvalue weighted by Gasteiger charge is -2.29. The van der Waals surface area contributed by atoms with E-state index in [0.29, 0.717) is 12.8 Å². The van der Waals surface area contributed by atoms with Crippen LogP contribution in [0.5, 0.6) is 0 Å². The summed E-state index contributed by atoms with van der Waals surface area (Å²) in [7, 11) is 0. The highest BCUT2D eigenvalue weighted by Crippen LogP contribution is 2.30. The van der Waals surface area contributed by atoms with Gasteiger partial charge in [0.15, 0.2) is 5.60 Å². The smallest absolute Gasteiger partial charge is 0.337 e. The summed E-state index contributed by atoms with van der Waals surface area (Å²) in [5.41, 5.74) is -2.84. The molecular weight excluding hydrogens is 560 g/mol. The molecule has 3 N–H and O–H groups in total. The van der Waals surface area contributed by atoms with Crippen molar-refractivity contribution in [3.63, 3.8) is 0 Å². The number of aliphatic carboxylic acids is 2. The van der Waals surface area contributed by atoms with E-state index >= 15 is 0 Å². The van der Waals surface area contributed by atoms with Gasteiger partial charge in [-0.1, -0.05) is 168 Å². The van der Waals surface area contributed by atoms with E-state index in [4.69, 9.17) is 4.74 Å². The van der Waals surface area contributed by atoms with Gasteiger partial charge in [-0.2, -0.15) is 0 Å². The molecule has 0 rings (SSSR count). The molecule has 0 spiro atoms. The van der Waals surface area contributed by atoms with Crippen molar-refractivity contribution in [2.45, 2.75) is 199 Å². The summed E-state index contributed by atoms with van der Waals surface area (Å²) in [6.45, 7) is 4.34. The largest absolute Gasteiger partial charge is 0.481 e. The highest BCUT2D eigenvalue weighted by atomic mass is 16.6. The van der Waals surface area contributed by atoms with Crippen LogP contribution in [0.15, 0.2) is 0 Å². The van der Waals surface area contributed by atoms with Crippen LogP contribution in [0, 0.1) is 5.92 Å². The van der Waals surface area contributed by atoms with E-state index in [9.17, 15) is 34.5 Å². The quantitative estimate of drug-likeness (QED) is 0.0381. The maximum Gasteiger partial charge on any atom is 0.337 e. The van der Waals surface area contributed by atoms with Gasteiger partial charge in [-0.15, -0.1) is 0 Å². The summed E-state index contributed by atoms with van der Waals surface area (Å²) < 4.78 is 4.90. The molecule has 0 aliphatic carbocycles. The molecule has 0 aromatic carbocycles. The molecule has 2 unspecified atom stereocenters. The van der Waals surface area contributed by atoms with E-state index in [1.807, 2.05) is 0 Å². The second-order valence-corrected chi connectivity index (χ2v) is 12.8. The van der Waals surface area contributed by atoms with Gasteiger partial charge in [0.05, 0.1) is 12.3 Å². The Morgan fingerprint density at radius 2 is 0.886 bits per heavy atom. The fraction of sp³-hybridized carbons (Fsp3) is 0.889. The Labute approximate surface area is 268 Å². The van der Waals surface area contributed by atoms with Crippen molar-refractivity contribution in [3.05, 3.63) is 0 Å². The average molecular weight is 627 g/mol. The van der Waals surface area contributed by atoms with Gasteiger partial charge in [-0.3, -0.25) is 14.4 Å². The van der Waals surface area contributed by atoms with Crippen molar-refractivity contribution < 1.29 is 39.2 Å². The Morgan fingerprint density at radius 1 is 0.545 bits per heavy atom. The Hall–Kier alpha value is -1.96. The summed E-state index contributed by atoms with van der Waals surface area (Å²) in [6.07, 6.45) is 27.6. The fourth-order valence-corrected chi connectivity index (χ4v) is 5.84. The Morgan fingerprint density at radius 3 is 1.23 bits per heavy atom. The number of rotatable bonds is 32. The van der Waals surface area contributed by atoms with E-state index in [-0.39, 0.29) is 12.8 Å². The van der Waals surface area contributed by atoms with Crippen LogP contribution >= 0.6 is 0 Å². The van der Waals surface area contributed by atoms with Crippen molar-refractivity contribution in [1.29, 1.82) is 0 Å². The zero-order valence-electron chi connectivity index (χ0n) is 28.3. The minimum Gasteiger partial charge on any atom is -0.481 e. The minimum absolute atomic E-state index is 0.0198. The molecule has 0 aromatic heterocycles. The van der Waals surface area contributed by atoms with E-state index in [1.165, 1.54) is 96.3 Å². The van der Waals surface area contributed by atoms with E-state index in [0.717, 1.165) is 51.4 Å². The van der Waals surface area contributed by atoms with E-state index in [2.05, 4.69) is 13.8 Å². The molecule has 0 aromatic rings. The first kappa shape index (κ1) is 42.0. The third kappa shape index (κ3) is 22.5. The zero-order valence-corrected chi connectivity index (χ0v) is 28.3. The molecule has 44 heavy (non-hydrogen) atoms. The summed E-state index contributed by atoms with van der Waals surface area (Å²) in [6, 6.07) is 0. The standard InChI is InChI=1S/C36H66O8/c1-3-5-7-9-10-11-12-13-14-15-16-17-18-19-20-21-22-23-25-26-28-31(36(43,35(41)42)30-32(37)38)34(40)44-33(39)29-27-24-8-6-4-2/h31,43H,3-30H2,1-2H3,(H,37,38)(H,41,42). The maximum absolute atomic E-state index is 12.8. The minimum atomic E-state index is -2.84. The monoisotopic (exact) mass is 626 g/mol. The molecule has 0 amide bonds. The number of carbonyl (C=O) groups is 4. The summed E-state index contributed by atoms with van der Waals surface area (Å²) >= 11 is 0. The SMILES string of the molecule is CCCCCCCCCCCCCCCCCCCCCCC(C(=O)OC(=O)CCCCCCC)C(O)(CC(=O)O)C(=O)O. The lowest BCUT2D eigenvalue weighted by molar-refractivity contribution is -0.184. The van der Waals surface area contributed by atoms with Gasteiger partial charge in [0.1, 0.15) is 0 Å². The van der Waals surface area contributed by atoms with Crippen molar-refractivity contribution in [2.75, 3.05) is 0 Å². The van der Waals surface area contributed by atoms with Crippen LogP contribution in [0.3, 0.4) is 0 Å². The molecule has 0 aliphatic rings. The molecule has 0 fully saturated rings. The van der Waals surface area contributed by atoms with E-state index in [1.54, 1.807) is 0 Å². The van der Waals surface area contributed by atoms with Crippen molar-refractivity contribution in [1.82, 2.24) is 0 Å². The summed E-state index contributed by atoms with van der Waals surface area (Å²) in [5.74, 6) is -6.91. The number of hydrogen-bond donors (Lipinski definition) is 3. The molecule has 8 nitrogen and oxygen atoms in total. The van der Waals surface area contributed by atoms with Crippen LogP contribution in [0.2, 0.25) is 0 Å². The lowest BCUT2D eigenvalue weighted by atomic mass is 9.81. The molecular formula is C36H66O8. The number of esters is 2. The maximum atomic E-state index is 12.8. The van der Waals surface area contributed by atoms with Crippen molar-refractivity contribution in [2.24, 2.45) is 5.92 Å². The number of unbranched alkanes of at least 4 members (excludes halogenated alkanes) is 23. The lowest BCUT2D eigenvalue weighted by Crippen LogP contribution is -2.51. The molecule has 0 saturated heterocycles. The molecule has 0 heterocycles. The van der Waals surface area contributed by atoms with Gasteiger partial charge in [0.2, 0.25) is 0 Å². The van der Waals surface area contributed by atoms with Crippen LogP contribution in [-0.2, 0) is 23.9 Å². The van der Waals surface area contributed by atoms with Gasteiger partial charge >= 0.3 is 23.9 Å². The molecule has 0 saturated carbocycles. The van der Waals surface area contributed by atoms with Gasteiger partial charge in [0.25, 0.3) is 0 Å².